The van der Waals surface area contributed by atoms with Crippen LogP contribution in [0.2, 0.25) is 0 Å². The molecule has 0 radical (unpaired) electrons. The molecule has 160 valence electrons. The van der Waals surface area contributed by atoms with E-state index in [9.17, 15) is 18.0 Å². The fourth-order valence-electron chi connectivity index (χ4n) is 3.83. The van der Waals surface area contributed by atoms with Crippen molar-refractivity contribution < 1.29 is 22.5 Å². The quantitative estimate of drug-likeness (QED) is 0.627. The molecule has 0 saturated carbocycles. The van der Waals surface area contributed by atoms with Crippen LogP contribution in [0.25, 0.3) is 11.1 Å². The van der Waals surface area contributed by atoms with Gasteiger partial charge in [-0.25, -0.2) is 9.97 Å². The average Bonchev–Trinajstić information content (AvgIpc) is 3.40. The van der Waals surface area contributed by atoms with E-state index in [4.69, 9.17) is 4.52 Å². The molecule has 4 heterocycles. The molecule has 1 amide bonds. The summed E-state index contributed by atoms with van der Waals surface area (Å²) in [6, 6.07) is 1.08. The van der Waals surface area contributed by atoms with Crippen LogP contribution in [-0.4, -0.2) is 48.8 Å². The molecule has 1 aliphatic heterocycles. The number of pyridine rings is 1. The van der Waals surface area contributed by atoms with Gasteiger partial charge in [0.25, 0.3) is 5.71 Å². The van der Waals surface area contributed by atoms with Gasteiger partial charge in [-0.15, -0.1) is 0 Å². The van der Waals surface area contributed by atoms with Gasteiger partial charge in [0.1, 0.15) is 12.7 Å². The van der Waals surface area contributed by atoms with E-state index in [0.717, 1.165) is 6.07 Å². The number of carbonyl (C=O) groups is 1. The Morgan fingerprint density at radius 2 is 2.07 bits per heavy atom. The number of likely N-dealkylation sites (tertiary alicyclic amines) is 1. The number of hydrogen-bond acceptors (Lipinski definition) is 6. The third kappa shape index (κ3) is 4.01. The molecule has 3 aromatic heterocycles. The Kier molecular flexibility index (Phi) is 5.44. The lowest BCUT2D eigenvalue weighted by Crippen LogP contribution is -2.38. The number of aromatic nitrogens is 5. The van der Waals surface area contributed by atoms with Crippen LogP contribution >= 0.6 is 0 Å². The minimum Gasteiger partial charge on any atom is -0.343 e. The molecule has 8 nitrogen and oxygen atoms in total. The van der Waals surface area contributed by atoms with Gasteiger partial charge in [0.15, 0.2) is 0 Å². The Morgan fingerprint density at radius 3 is 2.70 bits per heavy atom. The highest BCUT2D eigenvalue weighted by Crippen LogP contribution is 2.40. The van der Waals surface area contributed by atoms with Gasteiger partial charge >= 0.3 is 6.18 Å². The zero-order valence-electron chi connectivity index (χ0n) is 16.4. The van der Waals surface area contributed by atoms with Gasteiger partial charge in [0.05, 0.1) is 23.2 Å². The molecule has 0 N–H and O–H groups in total. The van der Waals surface area contributed by atoms with Gasteiger partial charge < -0.3 is 9.42 Å². The van der Waals surface area contributed by atoms with E-state index < -0.39 is 11.7 Å². The topological polar surface area (TPSA) is 89.9 Å². The van der Waals surface area contributed by atoms with E-state index in [-0.39, 0.29) is 28.6 Å². The van der Waals surface area contributed by atoms with Gasteiger partial charge in [-0.2, -0.15) is 18.3 Å². The molecule has 11 heteroatoms. The molecule has 0 spiro atoms. The van der Waals surface area contributed by atoms with Crippen molar-refractivity contribution in [1.82, 2.24) is 29.8 Å². The van der Waals surface area contributed by atoms with Gasteiger partial charge in [-0.05, 0) is 25.3 Å². The Labute approximate surface area is 170 Å². The molecular weight excluding hydrogens is 401 g/mol. The first-order chi connectivity index (χ1) is 14.4. The summed E-state index contributed by atoms with van der Waals surface area (Å²) in [4.78, 5) is 22.2. The monoisotopic (exact) mass is 422 g/mol. The van der Waals surface area contributed by atoms with Gasteiger partial charge in [-0.1, -0.05) is 12.1 Å². The van der Waals surface area contributed by atoms with Crippen molar-refractivity contribution in [2.24, 2.45) is 0 Å². The first-order valence-corrected chi connectivity index (χ1v) is 9.83. The van der Waals surface area contributed by atoms with Crippen molar-refractivity contribution in [1.29, 1.82) is 0 Å². The largest absolute Gasteiger partial charge is 0.417 e. The number of fused-ring (bicyclic) bond motifs is 1. The molecule has 1 aliphatic rings. The Hall–Kier alpha value is -2.98. The summed E-state index contributed by atoms with van der Waals surface area (Å²) in [5.41, 5.74) is -0.248. The highest BCUT2D eigenvalue weighted by molar-refractivity contribution is 5.82. The Morgan fingerprint density at radius 1 is 1.30 bits per heavy atom. The van der Waals surface area contributed by atoms with Crippen molar-refractivity contribution in [3.8, 4) is 0 Å². The van der Waals surface area contributed by atoms with Crippen LogP contribution in [0.4, 0.5) is 13.2 Å². The van der Waals surface area contributed by atoms with Crippen molar-refractivity contribution >= 4 is 17.0 Å². The number of rotatable bonds is 5. The number of nitrogens with zero attached hydrogens (tertiary/aromatic N) is 6. The fourth-order valence-corrected chi connectivity index (χ4v) is 3.83. The number of piperidine rings is 1. The summed E-state index contributed by atoms with van der Waals surface area (Å²) in [5.74, 6) is -0.236. The Balaban J connectivity index is 1.49. The van der Waals surface area contributed by atoms with Crippen LogP contribution in [-0.2, 0) is 23.9 Å². The summed E-state index contributed by atoms with van der Waals surface area (Å²) in [5, 5.41) is 7.86. The zero-order chi connectivity index (χ0) is 21.3. The summed E-state index contributed by atoms with van der Waals surface area (Å²) in [7, 11) is 0. The van der Waals surface area contributed by atoms with E-state index >= 15 is 0 Å². The highest BCUT2D eigenvalue weighted by Gasteiger charge is 2.38. The molecular formula is C19H21F3N6O2. The normalized spacial score (nSPS) is 15.8. The first-order valence-electron chi connectivity index (χ1n) is 9.83. The highest BCUT2D eigenvalue weighted by atomic mass is 19.4. The summed E-state index contributed by atoms with van der Waals surface area (Å²) < 4.78 is 47.8. The van der Waals surface area contributed by atoms with Crippen LogP contribution in [0.3, 0.4) is 0 Å². The van der Waals surface area contributed by atoms with E-state index in [0.29, 0.717) is 51.0 Å². The van der Waals surface area contributed by atoms with Crippen LogP contribution < -0.4 is 0 Å². The Bertz CT molecular complexity index is 1020. The standard InChI is InChI=1S/C19H21F3N6O2/c1-2-13-9-14(19(20,21)22)16-17(26-30-18(16)25-13)12-3-6-27(7-4-12)15(29)5-8-28-11-23-10-24-28/h9-12H,2-8H2,1H3. The minimum absolute atomic E-state index is 0.0146. The predicted molar refractivity (Wildman–Crippen MR) is 99.4 cm³/mol. The molecule has 30 heavy (non-hydrogen) atoms. The summed E-state index contributed by atoms with van der Waals surface area (Å²) in [6.07, 6.45) is 0.126. The molecule has 4 rings (SSSR count). The van der Waals surface area contributed by atoms with E-state index in [1.165, 1.54) is 6.33 Å². The van der Waals surface area contributed by atoms with E-state index in [1.807, 2.05) is 0 Å². The predicted octanol–water partition coefficient (Wildman–Crippen LogP) is 3.19. The molecule has 0 aliphatic carbocycles. The SMILES string of the molecule is CCc1cc(C(F)(F)F)c2c(C3CCN(C(=O)CCn4cncn4)CC3)noc2n1. The molecule has 0 bridgehead atoms. The summed E-state index contributed by atoms with van der Waals surface area (Å²) >= 11 is 0. The second-order valence-electron chi connectivity index (χ2n) is 7.32. The zero-order valence-corrected chi connectivity index (χ0v) is 16.4. The lowest BCUT2D eigenvalue weighted by atomic mass is 9.90. The molecule has 0 unspecified atom stereocenters. The number of amides is 1. The second kappa shape index (κ2) is 8.04. The van der Waals surface area contributed by atoms with Gasteiger partial charge in [-0.3, -0.25) is 9.48 Å². The third-order valence-corrected chi connectivity index (χ3v) is 5.45. The molecule has 1 fully saturated rings. The fraction of sp³-hybridized carbons (Fsp3) is 0.526. The van der Waals surface area contributed by atoms with E-state index in [1.54, 1.807) is 22.8 Å². The lowest BCUT2D eigenvalue weighted by Gasteiger charge is -2.31. The van der Waals surface area contributed by atoms with Crippen LogP contribution in [0.5, 0.6) is 0 Å². The third-order valence-electron chi connectivity index (χ3n) is 5.45. The number of carbonyl (C=O) groups excluding carboxylic acids is 1. The maximum Gasteiger partial charge on any atom is 0.417 e. The molecule has 3 aromatic rings. The lowest BCUT2D eigenvalue weighted by molar-refractivity contribution is -0.136. The molecule has 0 aromatic carbocycles. The number of hydrogen-bond donors (Lipinski definition) is 0. The number of halogens is 3. The van der Waals surface area contributed by atoms with Crippen molar-refractivity contribution in [2.45, 2.75) is 51.2 Å². The molecule has 0 atom stereocenters. The van der Waals surface area contributed by atoms with Gasteiger partial charge in [0.2, 0.25) is 5.91 Å². The van der Waals surface area contributed by atoms with Crippen molar-refractivity contribution in [3.63, 3.8) is 0 Å². The van der Waals surface area contributed by atoms with Gasteiger partial charge in [0, 0.05) is 31.1 Å². The van der Waals surface area contributed by atoms with E-state index in [2.05, 4.69) is 20.2 Å². The summed E-state index contributed by atoms with van der Waals surface area (Å²) in [6.45, 7) is 3.09. The smallest absolute Gasteiger partial charge is 0.343 e. The first kappa shape index (κ1) is 20.3. The van der Waals surface area contributed by atoms with Crippen LogP contribution in [0.15, 0.2) is 23.2 Å². The second-order valence-corrected chi connectivity index (χ2v) is 7.32. The van der Waals surface area contributed by atoms with Crippen LogP contribution in [0, 0.1) is 0 Å². The number of alkyl halides is 3. The van der Waals surface area contributed by atoms with Crippen molar-refractivity contribution in [3.05, 3.63) is 35.7 Å². The number of aryl methyl sites for hydroxylation is 2. The average molecular weight is 422 g/mol. The molecule has 1 saturated heterocycles. The van der Waals surface area contributed by atoms with Crippen LogP contribution in [0.1, 0.15) is 49.1 Å². The minimum atomic E-state index is -4.52. The van der Waals surface area contributed by atoms with Crippen molar-refractivity contribution in [2.75, 3.05) is 13.1 Å². The maximum absolute atomic E-state index is 13.7. The maximum atomic E-state index is 13.7.